The number of sulfone groups is 1. The highest BCUT2D eigenvalue weighted by atomic mass is 32.2. The number of aryl methyl sites for hydroxylation is 1. The maximum atomic E-state index is 13.0. The van der Waals surface area contributed by atoms with Gasteiger partial charge in [0.1, 0.15) is 0 Å². The van der Waals surface area contributed by atoms with Crippen molar-refractivity contribution in [3.05, 3.63) is 41.6 Å². The summed E-state index contributed by atoms with van der Waals surface area (Å²) in [4.78, 5) is 14.9. The molecule has 1 aromatic heterocycles. The van der Waals surface area contributed by atoms with Gasteiger partial charge < -0.3 is 9.64 Å². The minimum atomic E-state index is -3.60. The molecule has 2 aromatic rings. The molecule has 0 aliphatic carbocycles. The maximum absolute atomic E-state index is 13.0. The van der Waals surface area contributed by atoms with Gasteiger partial charge in [0.25, 0.3) is 5.91 Å². The second-order valence-electron chi connectivity index (χ2n) is 6.92. The first-order valence-corrected chi connectivity index (χ1v) is 10.4. The zero-order chi connectivity index (χ0) is 19.2. The van der Waals surface area contributed by atoms with E-state index in [4.69, 9.17) is 4.74 Å². The summed E-state index contributed by atoms with van der Waals surface area (Å²) in [5.74, 6) is -0.241. The standard InChI is InChI=1S/C19H21N3O4S/c1-21-11-14(10-20-21)13-3-4-18-16(9-13)17(12-27(18,24)25)19(23)22-7-5-15(26-2)6-8-22/h3-4,9-12,15H,5-8H2,1-2H3. The van der Waals surface area contributed by atoms with Crippen LogP contribution < -0.4 is 0 Å². The Hall–Kier alpha value is -2.45. The topological polar surface area (TPSA) is 81.5 Å². The van der Waals surface area contributed by atoms with Gasteiger partial charge in [0.05, 0.1) is 22.8 Å². The summed E-state index contributed by atoms with van der Waals surface area (Å²) in [6, 6.07) is 5.09. The van der Waals surface area contributed by atoms with Crippen molar-refractivity contribution in [3.63, 3.8) is 0 Å². The molecule has 3 heterocycles. The Morgan fingerprint density at radius 1 is 1.22 bits per heavy atom. The molecule has 1 fully saturated rings. The van der Waals surface area contributed by atoms with E-state index in [0.717, 1.165) is 29.4 Å². The van der Waals surface area contributed by atoms with Gasteiger partial charge in [-0.25, -0.2) is 8.42 Å². The third kappa shape index (κ3) is 3.19. The summed E-state index contributed by atoms with van der Waals surface area (Å²) in [6.07, 6.45) is 5.23. The van der Waals surface area contributed by atoms with E-state index in [9.17, 15) is 13.2 Å². The van der Waals surface area contributed by atoms with Crippen LogP contribution in [0.25, 0.3) is 16.7 Å². The van der Waals surface area contributed by atoms with Gasteiger partial charge in [0.15, 0.2) is 0 Å². The number of carbonyl (C=O) groups is 1. The minimum absolute atomic E-state index is 0.153. The van der Waals surface area contributed by atoms with Crippen LogP contribution >= 0.6 is 0 Å². The monoisotopic (exact) mass is 387 g/mol. The lowest BCUT2D eigenvalue weighted by Gasteiger charge is -2.31. The first-order valence-electron chi connectivity index (χ1n) is 8.81. The molecule has 7 nitrogen and oxygen atoms in total. The van der Waals surface area contributed by atoms with Gasteiger partial charge >= 0.3 is 0 Å². The summed E-state index contributed by atoms with van der Waals surface area (Å²) in [5, 5.41) is 5.26. The van der Waals surface area contributed by atoms with Crippen LogP contribution in [-0.4, -0.2) is 55.3 Å². The van der Waals surface area contributed by atoms with E-state index in [1.807, 2.05) is 13.2 Å². The third-order valence-corrected chi connectivity index (χ3v) is 6.70. The molecule has 2 aliphatic heterocycles. The van der Waals surface area contributed by atoms with Gasteiger partial charge in [-0.3, -0.25) is 9.48 Å². The zero-order valence-electron chi connectivity index (χ0n) is 15.3. The molecule has 142 valence electrons. The predicted molar refractivity (Wildman–Crippen MR) is 100 cm³/mol. The molecular weight excluding hydrogens is 366 g/mol. The fourth-order valence-corrected chi connectivity index (χ4v) is 5.05. The van der Waals surface area contributed by atoms with Gasteiger partial charge in [-0.1, -0.05) is 6.07 Å². The lowest BCUT2D eigenvalue weighted by atomic mass is 9.99. The SMILES string of the molecule is COC1CCN(C(=O)C2=CS(=O)(=O)c3ccc(-c4cnn(C)c4)cc32)CC1. The van der Waals surface area contributed by atoms with Gasteiger partial charge in [-0.05, 0) is 30.5 Å². The van der Waals surface area contributed by atoms with Gasteiger partial charge in [0, 0.05) is 50.0 Å². The predicted octanol–water partition coefficient (Wildman–Crippen LogP) is 1.85. The van der Waals surface area contributed by atoms with Gasteiger partial charge in [0.2, 0.25) is 9.84 Å². The lowest BCUT2D eigenvalue weighted by Crippen LogP contribution is -2.40. The molecule has 1 saturated heterocycles. The van der Waals surface area contributed by atoms with Crippen molar-refractivity contribution in [2.24, 2.45) is 7.05 Å². The highest BCUT2D eigenvalue weighted by Gasteiger charge is 2.34. The number of aromatic nitrogens is 2. The molecule has 2 aliphatic rings. The molecule has 4 rings (SSSR count). The number of benzene rings is 1. The molecule has 0 radical (unpaired) electrons. The molecule has 27 heavy (non-hydrogen) atoms. The first-order chi connectivity index (χ1) is 12.9. The highest BCUT2D eigenvalue weighted by molar-refractivity contribution is 7.95. The Bertz CT molecular complexity index is 1030. The molecule has 0 spiro atoms. The number of rotatable bonds is 3. The van der Waals surface area contributed by atoms with E-state index in [1.54, 1.807) is 41.1 Å². The number of likely N-dealkylation sites (tertiary alicyclic amines) is 1. The third-order valence-electron chi connectivity index (χ3n) is 5.18. The Labute approximate surface area is 158 Å². The normalized spacial score (nSPS) is 19.0. The Balaban J connectivity index is 1.69. The number of fused-ring (bicyclic) bond motifs is 1. The number of hydrogen-bond acceptors (Lipinski definition) is 5. The van der Waals surface area contributed by atoms with E-state index in [1.165, 1.54) is 0 Å². The van der Waals surface area contributed by atoms with Crippen LogP contribution in [0.15, 0.2) is 40.9 Å². The molecule has 1 amide bonds. The minimum Gasteiger partial charge on any atom is -0.381 e. The van der Waals surface area contributed by atoms with Crippen LogP contribution in [0.5, 0.6) is 0 Å². The van der Waals surface area contributed by atoms with E-state index >= 15 is 0 Å². The van der Waals surface area contributed by atoms with Crippen LogP contribution in [-0.2, 0) is 26.4 Å². The summed E-state index contributed by atoms with van der Waals surface area (Å²) < 4.78 is 32.1. The van der Waals surface area contributed by atoms with E-state index in [2.05, 4.69) is 5.10 Å². The van der Waals surface area contributed by atoms with Crippen LogP contribution in [0.2, 0.25) is 0 Å². The zero-order valence-corrected chi connectivity index (χ0v) is 16.1. The van der Waals surface area contributed by atoms with Crippen molar-refractivity contribution < 1.29 is 17.9 Å². The summed E-state index contributed by atoms with van der Waals surface area (Å²) >= 11 is 0. The number of ether oxygens (including phenoxy) is 1. The molecule has 8 heteroatoms. The lowest BCUT2D eigenvalue weighted by molar-refractivity contribution is -0.127. The molecule has 0 saturated carbocycles. The fourth-order valence-electron chi connectivity index (χ4n) is 3.65. The molecule has 0 bridgehead atoms. The molecule has 0 atom stereocenters. The average Bonchev–Trinajstić information content (AvgIpc) is 3.22. The number of methoxy groups -OCH3 is 1. The van der Waals surface area contributed by atoms with Crippen molar-refractivity contribution in [3.8, 4) is 11.1 Å². The Kier molecular flexibility index (Phi) is 4.39. The summed E-state index contributed by atoms with van der Waals surface area (Å²) in [6.45, 7) is 1.12. The van der Waals surface area contributed by atoms with Crippen molar-refractivity contribution in [2.75, 3.05) is 20.2 Å². The number of piperidine rings is 1. The van der Waals surface area contributed by atoms with Crippen LogP contribution in [0, 0.1) is 0 Å². The fraction of sp³-hybridized carbons (Fsp3) is 0.368. The molecule has 1 aromatic carbocycles. The van der Waals surface area contributed by atoms with Crippen molar-refractivity contribution in [2.45, 2.75) is 23.8 Å². The summed E-state index contributed by atoms with van der Waals surface area (Å²) in [7, 11) is -0.112. The van der Waals surface area contributed by atoms with Crippen molar-refractivity contribution >= 4 is 21.3 Å². The van der Waals surface area contributed by atoms with Gasteiger partial charge in [-0.2, -0.15) is 5.10 Å². The Morgan fingerprint density at radius 3 is 2.59 bits per heavy atom. The van der Waals surface area contributed by atoms with Crippen molar-refractivity contribution in [1.29, 1.82) is 0 Å². The molecule has 0 N–H and O–H groups in total. The second-order valence-corrected chi connectivity index (χ2v) is 8.68. The number of carbonyl (C=O) groups excluding carboxylic acids is 1. The average molecular weight is 387 g/mol. The van der Waals surface area contributed by atoms with Crippen molar-refractivity contribution in [1.82, 2.24) is 14.7 Å². The quantitative estimate of drug-likeness (QED) is 0.803. The van der Waals surface area contributed by atoms with E-state index < -0.39 is 9.84 Å². The highest BCUT2D eigenvalue weighted by Crippen LogP contribution is 2.37. The first kappa shape index (κ1) is 17.9. The van der Waals surface area contributed by atoms with E-state index in [-0.39, 0.29) is 22.5 Å². The van der Waals surface area contributed by atoms with Crippen LogP contribution in [0.3, 0.4) is 0 Å². The van der Waals surface area contributed by atoms with Gasteiger partial charge in [-0.15, -0.1) is 0 Å². The number of amides is 1. The largest absolute Gasteiger partial charge is 0.381 e. The number of nitrogens with zero attached hydrogens (tertiary/aromatic N) is 3. The second kappa shape index (κ2) is 6.61. The maximum Gasteiger partial charge on any atom is 0.255 e. The van der Waals surface area contributed by atoms with E-state index in [0.29, 0.717) is 18.7 Å². The number of hydrogen-bond donors (Lipinski definition) is 0. The van der Waals surface area contributed by atoms with Crippen LogP contribution in [0.1, 0.15) is 18.4 Å². The summed E-state index contributed by atoms with van der Waals surface area (Å²) in [5.41, 5.74) is 2.41. The Morgan fingerprint density at radius 2 is 1.96 bits per heavy atom. The smallest absolute Gasteiger partial charge is 0.255 e. The molecule has 0 unspecified atom stereocenters. The molecular formula is C19H21N3O4S. The van der Waals surface area contributed by atoms with Crippen LogP contribution in [0.4, 0.5) is 0 Å².